The Hall–Kier alpha value is -0.990. The number of hydrogen-bond donors (Lipinski definition) is 0. The lowest BCUT2D eigenvalue weighted by Crippen LogP contribution is -2.71. The third kappa shape index (κ3) is 3.95. The molecule has 0 aliphatic rings. The largest absolute Gasteiger partial charge is 0.464 e. The summed E-state index contributed by atoms with van der Waals surface area (Å²) in [5.41, 5.74) is 0. The first-order chi connectivity index (χ1) is 12.5. The summed E-state index contributed by atoms with van der Waals surface area (Å²) in [5, 5.41) is -14.4. The molecule has 0 N–H and O–H groups in total. The lowest BCUT2D eigenvalue weighted by Gasteiger charge is -2.40. The Morgan fingerprint density at radius 2 is 0.833 bits per heavy atom. The smallest absolute Gasteiger partial charge is 0.244 e. The molecule has 0 unspecified atom stereocenters. The Morgan fingerprint density at radius 1 is 0.533 bits per heavy atom. The molecule has 30 heavy (non-hydrogen) atoms. The highest BCUT2D eigenvalue weighted by molar-refractivity contribution is 7.87. The van der Waals surface area contributed by atoms with Gasteiger partial charge in [-0.3, -0.25) is 0 Å². The first-order valence-electron chi connectivity index (χ1n) is 5.81. The average molecular weight is 535 g/mol. The third-order valence-corrected chi connectivity index (χ3v) is 3.89. The minimum atomic E-state index is -8.54. The molecule has 0 atom stereocenters. The molecule has 0 aliphatic heterocycles. The van der Waals surface area contributed by atoms with E-state index in [-0.39, 0.29) is 0 Å². The minimum Gasteiger partial charge on any atom is -0.244 e. The fraction of sp³-hybridized carbons (Fsp3) is 1.00. The van der Waals surface area contributed by atoms with Crippen LogP contribution in [0.25, 0.3) is 0 Å². The Kier molecular flexibility index (Phi) is 6.77. The Labute approximate surface area is 156 Å². The molecule has 0 spiro atoms. The van der Waals surface area contributed by atoms with Gasteiger partial charge in [-0.1, -0.05) is 3.89 Å². The molecule has 0 aromatic heterocycles. The van der Waals surface area contributed by atoms with Crippen molar-refractivity contribution in [2.45, 2.75) is 46.5 Å². The average Bonchev–Trinajstić information content (AvgIpc) is 2.42. The van der Waals surface area contributed by atoms with Crippen molar-refractivity contribution in [1.82, 2.24) is 0 Å². The number of alkyl halides is 17. The van der Waals surface area contributed by atoms with Crippen LogP contribution in [-0.4, -0.2) is 55.0 Å². The van der Waals surface area contributed by atoms with E-state index in [1.807, 2.05) is 0 Å². The number of rotatable bonds is 9. The van der Waals surface area contributed by atoms with Crippen LogP contribution in [0.4, 0.5) is 74.1 Å². The van der Waals surface area contributed by atoms with Gasteiger partial charge in [-0.05, 0) is 11.6 Å². The second-order valence-electron chi connectivity index (χ2n) is 4.89. The van der Waals surface area contributed by atoms with Crippen molar-refractivity contribution in [3.63, 3.8) is 0 Å². The van der Waals surface area contributed by atoms with Crippen LogP contribution in [0.2, 0.25) is 0 Å². The highest BCUT2D eigenvalue weighted by Crippen LogP contribution is 2.61. The zero-order valence-electron chi connectivity index (χ0n) is 12.4. The SMILES string of the molecule is O=S(=O)(F)C(F)(F)C(F)(F)OC(F)(F)C(F)(F)C(F)(F)C(F)(F)C(F)(F)C(F)(F)Cl. The highest BCUT2D eigenvalue weighted by atomic mass is 35.5. The summed E-state index contributed by atoms with van der Waals surface area (Å²) in [5.74, 6) is -33.2. The van der Waals surface area contributed by atoms with Crippen LogP contribution < -0.4 is 0 Å². The summed E-state index contributed by atoms with van der Waals surface area (Å²) in [6.45, 7) is 0. The molecule has 0 bridgehead atoms. The molecule has 3 nitrogen and oxygen atoms in total. The third-order valence-electron chi connectivity index (χ3n) is 2.81. The second kappa shape index (κ2) is 7.01. The van der Waals surface area contributed by atoms with Gasteiger partial charge in [0, 0.05) is 0 Å². The number of halogens is 18. The Balaban J connectivity index is 6.53. The van der Waals surface area contributed by atoms with E-state index in [1.165, 1.54) is 0 Å². The minimum absolute atomic E-state index is 1.10. The van der Waals surface area contributed by atoms with E-state index in [1.54, 1.807) is 0 Å². The summed E-state index contributed by atoms with van der Waals surface area (Å²) in [6, 6.07) is 0. The molecule has 0 heterocycles. The van der Waals surface area contributed by atoms with Crippen LogP contribution in [0.15, 0.2) is 0 Å². The first kappa shape index (κ1) is 29.0. The van der Waals surface area contributed by atoms with E-state index in [2.05, 4.69) is 11.6 Å². The van der Waals surface area contributed by atoms with Crippen molar-refractivity contribution in [2.75, 3.05) is 0 Å². The molecule has 0 saturated carbocycles. The van der Waals surface area contributed by atoms with Crippen LogP contribution >= 0.6 is 11.6 Å². The topological polar surface area (TPSA) is 43.4 Å². The lowest BCUT2D eigenvalue weighted by molar-refractivity contribution is -0.498. The molecule has 0 radical (unpaired) electrons. The van der Waals surface area contributed by atoms with E-state index in [4.69, 9.17) is 0 Å². The van der Waals surface area contributed by atoms with Gasteiger partial charge in [0.25, 0.3) is 0 Å². The highest BCUT2D eigenvalue weighted by Gasteiger charge is 2.91. The Bertz CT molecular complexity index is 753. The zero-order chi connectivity index (χ0) is 25.2. The quantitative estimate of drug-likeness (QED) is 0.224. The summed E-state index contributed by atoms with van der Waals surface area (Å²) in [7, 11) is -8.04. The normalized spacial score (nSPS) is 16.7. The van der Waals surface area contributed by atoms with Crippen LogP contribution in [0.5, 0.6) is 0 Å². The molecule has 0 aromatic rings. The first-order valence-corrected chi connectivity index (χ1v) is 7.57. The molecule has 0 aromatic carbocycles. The van der Waals surface area contributed by atoms with Crippen molar-refractivity contribution >= 4 is 21.8 Å². The molecule has 0 fully saturated rings. The zero-order valence-corrected chi connectivity index (χ0v) is 14.0. The monoisotopic (exact) mass is 534 g/mol. The molecule has 182 valence electrons. The second-order valence-corrected chi connectivity index (χ2v) is 6.75. The van der Waals surface area contributed by atoms with Crippen molar-refractivity contribution in [1.29, 1.82) is 0 Å². The predicted molar refractivity (Wildman–Crippen MR) is 56.5 cm³/mol. The van der Waals surface area contributed by atoms with Gasteiger partial charge in [0.05, 0.1) is 0 Å². The van der Waals surface area contributed by atoms with Crippen molar-refractivity contribution in [2.24, 2.45) is 0 Å². The van der Waals surface area contributed by atoms with Crippen LogP contribution in [-0.2, 0) is 15.0 Å². The van der Waals surface area contributed by atoms with Gasteiger partial charge in [0.15, 0.2) is 0 Å². The van der Waals surface area contributed by atoms with Gasteiger partial charge in [-0.2, -0.15) is 78.7 Å². The number of ether oxygens (including phenoxy) is 1. The van der Waals surface area contributed by atoms with Gasteiger partial charge in [0.2, 0.25) is 0 Å². The maximum absolute atomic E-state index is 13.1. The van der Waals surface area contributed by atoms with Crippen LogP contribution in [0, 0.1) is 0 Å². The lowest BCUT2D eigenvalue weighted by atomic mass is 9.97. The number of hydrogen-bond acceptors (Lipinski definition) is 3. The fourth-order valence-corrected chi connectivity index (χ4v) is 1.63. The van der Waals surface area contributed by atoms with Crippen molar-refractivity contribution in [3.8, 4) is 0 Å². The summed E-state index contributed by atoms with van der Waals surface area (Å²) in [4.78, 5) is 0. The van der Waals surface area contributed by atoms with E-state index < -0.39 is 56.8 Å². The van der Waals surface area contributed by atoms with E-state index in [9.17, 15) is 82.6 Å². The molecular formula is C8ClF17O3S. The maximum Gasteiger partial charge on any atom is 0.464 e. The van der Waals surface area contributed by atoms with Gasteiger partial charge in [-0.15, -0.1) is 0 Å². The molecule has 0 saturated heterocycles. The molecule has 0 aliphatic carbocycles. The van der Waals surface area contributed by atoms with Gasteiger partial charge in [-0.25, -0.2) is 4.74 Å². The van der Waals surface area contributed by atoms with E-state index >= 15 is 0 Å². The van der Waals surface area contributed by atoms with E-state index in [0.717, 1.165) is 4.74 Å². The summed E-state index contributed by atoms with van der Waals surface area (Å²) >= 11 is 3.31. The summed E-state index contributed by atoms with van der Waals surface area (Å²) < 4.78 is 237. The van der Waals surface area contributed by atoms with Crippen LogP contribution in [0.3, 0.4) is 0 Å². The van der Waals surface area contributed by atoms with E-state index in [0.29, 0.717) is 0 Å². The molecule has 0 rings (SSSR count). The Morgan fingerprint density at radius 3 is 1.10 bits per heavy atom. The standard InChI is InChI=1S/C8ClF17O3S/c9-5(18,19)3(14,15)1(10,11)2(12,13)4(16,17)6(20,21)29-7(22,23)8(24,25)30(26,27)28. The molecular weight excluding hydrogens is 535 g/mol. The fourth-order valence-electron chi connectivity index (χ4n) is 1.18. The van der Waals surface area contributed by atoms with Crippen molar-refractivity contribution < 1.29 is 87.3 Å². The predicted octanol–water partition coefficient (Wildman–Crippen LogP) is 5.45. The molecule has 0 amide bonds. The van der Waals surface area contributed by atoms with Gasteiger partial charge < -0.3 is 0 Å². The van der Waals surface area contributed by atoms with Gasteiger partial charge >= 0.3 is 56.8 Å². The molecule has 22 heteroatoms. The maximum atomic E-state index is 13.1. The van der Waals surface area contributed by atoms with Crippen LogP contribution in [0.1, 0.15) is 0 Å². The van der Waals surface area contributed by atoms with Gasteiger partial charge in [0.1, 0.15) is 0 Å². The summed E-state index contributed by atoms with van der Waals surface area (Å²) in [6.07, 6.45) is -15.9. The van der Waals surface area contributed by atoms with Crippen molar-refractivity contribution in [3.05, 3.63) is 0 Å².